The minimum Gasteiger partial charge on any atom is -0.323 e. The third-order valence-corrected chi connectivity index (χ3v) is 3.12. The second-order valence-corrected chi connectivity index (χ2v) is 6.01. The van der Waals surface area contributed by atoms with E-state index >= 15 is 0 Å². The van der Waals surface area contributed by atoms with E-state index in [2.05, 4.69) is 0 Å². The maximum atomic E-state index is 13.3. The quantitative estimate of drug-likeness (QED) is 0.878. The van der Waals surface area contributed by atoms with Crippen LogP contribution >= 0.6 is 0 Å². The zero-order chi connectivity index (χ0) is 12.5. The number of benzene rings is 1. The van der Waals surface area contributed by atoms with Crippen LogP contribution in [0.25, 0.3) is 0 Å². The zero-order valence-electron chi connectivity index (χ0n) is 9.00. The average molecular weight is 249 g/mol. The maximum Gasteiger partial charge on any atom is 0.149 e. The number of halogens is 2. The van der Waals surface area contributed by atoms with Crippen LogP contribution in [0.1, 0.15) is 17.2 Å². The van der Waals surface area contributed by atoms with Crippen LogP contribution < -0.4 is 5.73 Å². The fraction of sp³-hybridized carbons (Fsp3) is 0.400. The number of hydrogen-bond donors (Lipinski definition) is 1. The Balaban J connectivity index is 3.09. The smallest absolute Gasteiger partial charge is 0.149 e. The Morgan fingerprint density at radius 3 is 2.38 bits per heavy atom. The van der Waals surface area contributed by atoms with Crippen LogP contribution in [0.3, 0.4) is 0 Å². The second-order valence-electron chi connectivity index (χ2n) is 3.82. The highest BCUT2D eigenvalue weighted by atomic mass is 32.2. The maximum absolute atomic E-state index is 13.3. The summed E-state index contributed by atoms with van der Waals surface area (Å²) in [6.45, 7) is 1.46. The van der Waals surface area contributed by atoms with Crippen LogP contribution in [0, 0.1) is 18.6 Å². The molecule has 0 aliphatic heterocycles. The molecular weight excluding hydrogens is 236 g/mol. The third-order valence-electron chi connectivity index (χ3n) is 2.16. The van der Waals surface area contributed by atoms with Crippen molar-refractivity contribution in [2.45, 2.75) is 13.0 Å². The molecule has 1 atom stereocenters. The Bertz CT molecular complexity index is 500. The summed E-state index contributed by atoms with van der Waals surface area (Å²) < 4.78 is 48.3. The highest BCUT2D eigenvalue weighted by molar-refractivity contribution is 7.90. The number of nitrogens with two attached hydrogens (primary N) is 1. The van der Waals surface area contributed by atoms with Crippen LogP contribution in [0.15, 0.2) is 12.1 Å². The van der Waals surface area contributed by atoms with Gasteiger partial charge in [-0.15, -0.1) is 0 Å². The van der Waals surface area contributed by atoms with Gasteiger partial charge in [-0.2, -0.15) is 0 Å². The van der Waals surface area contributed by atoms with Gasteiger partial charge in [0.2, 0.25) is 0 Å². The van der Waals surface area contributed by atoms with E-state index in [0.717, 1.165) is 6.26 Å². The average Bonchev–Trinajstić information content (AvgIpc) is 2.08. The van der Waals surface area contributed by atoms with Gasteiger partial charge in [0.25, 0.3) is 0 Å². The van der Waals surface area contributed by atoms with Gasteiger partial charge in [0, 0.05) is 23.9 Å². The van der Waals surface area contributed by atoms with Crippen molar-refractivity contribution in [2.75, 3.05) is 12.0 Å². The molecule has 90 valence electrons. The third kappa shape index (κ3) is 3.24. The number of rotatable bonds is 3. The van der Waals surface area contributed by atoms with E-state index in [1.54, 1.807) is 0 Å². The molecule has 6 heteroatoms. The van der Waals surface area contributed by atoms with E-state index < -0.39 is 27.5 Å². The summed E-state index contributed by atoms with van der Waals surface area (Å²) in [6, 6.07) is 0.974. The lowest BCUT2D eigenvalue weighted by molar-refractivity contribution is 0.554. The van der Waals surface area contributed by atoms with Crippen molar-refractivity contribution in [1.29, 1.82) is 0 Å². The highest BCUT2D eigenvalue weighted by Gasteiger charge is 2.18. The first-order chi connectivity index (χ1) is 7.20. The number of aryl methyl sites for hydroxylation is 1. The predicted octanol–water partition coefficient (Wildman–Crippen LogP) is 1.32. The van der Waals surface area contributed by atoms with Crippen molar-refractivity contribution >= 4 is 9.84 Å². The van der Waals surface area contributed by atoms with Crippen molar-refractivity contribution in [3.8, 4) is 0 Å². The first kappa shape index (κ1) is 13.1. The Kier molecular flexibility index (Phi) is 3.64. The van der Waals surface area contributed by atoms with Gasteiger partial charge >= 0.3 is 0 Å². The molecule has 3 nitrogen and oxygen atoms in total. The molecule has 16 heavy (non-hydrogen) atoms. The summed E-state index contributed by atoms with van der Waals surface area (Å²) in [5.41, 5.74) is 5.81. The lowest BCUT2D eigenvalue weighted by Crippen LogP contribution is -2.22. The molecule has 0 spiro atoms. The summed E-state index contributed by atoms with van der Waals surface area (Å²) in [4.78, 5) is 0. The lowest BCUT2D eigenvalue weighted by Gasteiger charge is -2.12. The molecule has 1 unspecified atom stereocenters. The number of hydrogen-bond acceptors (Lipinski definition) is 3. The zero-order valence-corrected chi connectivity index (χ0v) is 9.81. The summed E-state index contributed by atoms with van der Waals surface area (Å²) in [7, 11) is -3.30. The van der Waals surface area contributed by atoms with Gasteiger partial charge in [0.15, 0.2) is 0 Å². The van der Waals surface area contributed by atoms with Gasteiger partial charge in [0.1, 0.15) is 21.5 Å². The van der Waals surface area contributed by atoms with Crippen molar-refractivity contribution in [1.82, 2.24) is 0 Å². The van der Waals surface area contributed by atoms with Crippen molar-refractivity contribution in [2.24, 2.45) is 5.73 Å². The normalized spacial score (nSPS) is 13.8. The van der Waals surface area contributed by atoms with Crippen LogP contribution in [-0.2, 0) is 9.84 Å². The van der Waals surface area contributed by atoms with Gasteiger partial charge in [-0.05, 0) is 18.6 Å². The molecule has 0 saturated carbocycles. The molecule has 1 aromatic rings. The first-order valence-corrected chi connectivity index (χ1v) is 6.65. The molecule has 0 aliphatic rings. The summed E-state index contributed by atoms with van der Waals surface area (Å²) in [6.07, 6.45) is 1.02. The molecule has 1 aromatic carbocycles. The molecule has 0 bridgehead atoms. The van der Waals surface area contributed by atoms with Gasteiger partial charge < -0.3 is 5.73 Å². The second kappa shape index (κ2) is 4.47. The van der Waals surface area contributed by atoms with Crippen molar-refractivity contribution in [3.63, 3.8) is 0 Å². The molecule has 2 N–H and O–H groups in total. The lowest BCUT2D eigenvalue weighted by atomic mass is 10.1. The van der Waals surface area contributed by atoms with Crippen LogP contribution in [0.2, 0.25) is 0 Å². The largest absolute Gasteiger partial charge is 0.323 e. The predicted molar refractivity (Wildman–Crippen MR) is 57.7 cm³/mol. The van der Waals surface area contributed by atoms with Gasteiger partial charge in [-0.1, -0.05) is 0 Å². The Morgan fingerprint density at radius 2 is 1.88 bits per heavy atom. The van der Waals surface area contributed by atoms with Crippen molar-refractivity contribution in [3.05, 3.63) is 34.9 Å². The Hall–Kier alpha value is -1.01. The van der Waals surface area contributed by atoms with E-state index in [-0.39, 0.29) is 16.9 Å². The minimum atomic E-state index is -3.30. The summed E-state index contributed by atoms with van der Waals surface area (Å²) in [5.74, 6) is -1.86. The molecule has 0 radical (unpaired) electrons. The number of sulfone groups is 1. The van der Waals surface area contributed by atoms with E-state index in [1.165, 1.54) is 13.0 Å². The summed E-state index contributed by atoms with van der Waals surface area (Å²) >= 11 is 0. The van der Waals surface area contributed by atoms with Gasteiger partial charge in [0.05, 0.1) is 5.75 Å². The van der Waals surface area contributed by atoms with E-state index in [1.807, 2.05) is 0 Å². The standard InChI is InChI=1S/C10H13F2NO2S/c1-6-3-7(9(12)4-8(6)11)10(13)5-16(2,14)15/h3-4,10H,5,13H2,1-2H3. The molecule has 0 fully saturated rings. The fourth-order valence-electron chi connectivity index (χ4n) is 1.38. The molecule has 1 rings (SSSR count). The van der Waals surface area contributed by atoms with Gasteiger partial charge in [-0.25, -0.2) is 17.2 Å². The minimum absolute atomic E-state index is 0.0179. The molecule has 0 aromatic heterocycles. The van der Waals surface area contributed by atoms with Crippen molar-refractivity contribution < 1.29 is 17.2 Å². The summed E-state index contributed by atoms with van der Waals surface area (Å²) in [5, 5.41) is 0. The Morgan fingerprint density at radius 1 is 1.31 bits per heavy atom. The topological polar surface area (TPSA) is 60.2 Å². The SMILES string of the molecule is Cc1cc(C(N)CS(C)(=O)=O)c(F)cc1F. The van der Waals surface area contributed by atoms with E-state index in [0.29, 0.717) is 6.07 Å². The monoisotopic (exact) mass is 249 g/mol. The van der Waals surface area contributed by atoms with Crippen LogP contribution in [0.4, 0.5) is 8.78 Å². The fourth-order valence-corrected chi connectivity index (χ4v) is 2.21. The van der Waals surface area contributed by atoms with Crippen LogP contribution in [-0.4, -0.2) is 20.4 Å². The molecular formula is C10H13F2NO2S. The van der Waals surface area contributed by atoms with Gasteiger partial charge in [-0.3, -0.25) is 0 Å². The van der Waals surface area contributed by atoms with E-state index in [4.69, 9.17) is 5.73 Å². The van der Waals surface area contributed by atoms with E-state index in [9.17, 15) is 17.2 Å². The first-order valence-electron chi connectivity index (χ1n) is 4.59. The highest BCUT2D eigenvalue weighted by Crippen LogP contribution is 2.20. The Labute approximate surface area is 93.2 Å². The van der Waals surface area contributed by atoms with Crippen LogP contribution in [0.5, 0.6) is 0 Å². The molecule has 0 amide bonds. The molecule has 0 saturated heterocycles. The molecule has 0 heterocycles. The molecule has 0 aliphatic carbocycles.